The summed E-state index contributed by atoms with van der Waals surface area (Å²) in [7, 11) is 0. The van der Waals surface area contributed by atoms with Crippen LogP contribution in [0.25, 0.3) is 0 Å². The standard InChI is InChI=1S/C22H32O/c1-2-3-7-17-10-12-19(13-11-17)22(23)21-15-14-20(16-21)18-8-5-4-6-9-18/h4-6,8-9,17,19-21H,2-3,7,10-16H2,1H3/t17?,19?,20-,21+/m0/s1. The number of carbonyl (C=O) groups excluding carboxylic acids is 1. The highest BCUT2D eigenvalue weighted by atomic mass is 16.1. The Hall–Kier alpha value is -1.11. The molecule has 0 bridgehead atoms. The van der Waals surface area contributed by atoms with Crippen LogP contribution in [0.1, 0.15) is 82.6 Å². The zero-order valence-corrected chi connectivity index (χ0v) is 14.7. The summed E-state index contributed by atoms with van der Waals surface area (Å²) in [5.41, 5.74) is 1.44. The largest absolute Gasteiger partial charge is 0.299 e. The monoisotopic (exact) mass is 312 g/mol. The number of hydrogen-bond acceptors (Lipinski definition) is 1. The lowest BCUT2D eigenvalue weighted by Gasteiger charge is -2.29. The lowest BCUT2D eigenvalue weighted by molar-refractivity contribution is -0.127. The van der Waals surface area contributed by atoms with Crippen LogP contribution < -0.4 is 0 Å². The number of carbonyl (C=O) groups is 1. The van der Waals surface area contributed by atoms with Gasteiger partial charge >= 0.3 is 0 Å². The van der Waals surface area contributed by atoms with E-state index in [0.717, 1.165) is 18.8 Å². The van der Waals surface area contributed by atoms with E-state index in [-0.39, 0.29) is 0 Å². The predicted octanol–water partition coefficient (Wildman–Crippen LogP) is 6.14. The third kappa shape index (κ3) is 4.25. The molecule has 0 unspecified atom stereocenters. The molecule has 0 aliphatic heterocycles. The summed E-state index contributed by atoms with van der Waals surface area (Å²) in [6.45, 7) is 2.28. The Morgan fingerprint density at radius 2 is 1.65 bits per heavy atom. The van der Waals surface area contributed by atoms with Gasteiger partial charge in [0, 0.05) is 11.8 Å². The third-order valence-electron chi connectivity index (χ3n) is 6.32. The number of ketones is 1. The Labute approximate surface area is 141 Å². The predicted molar refractivity (Wildman–Crippen MR) is 96.5 cm³/mol. The highest BCUT2D eigenvalue weighted by Crippen LogP contribution is 2.42. The fourth-order valence-corrected chi connectivity index (χ4v) is 4.83. The van der Waals surface area contributed by atoms with Crippen LogP contribution in [0.4, 0.5) is 0 Å². The van der Waals surface area contributed by atoms with Crippen LogP contribution in [-0.2, 0) is 4.79 Å². The van der Waals surface area contributed by atoms with Crippen LogP contribution in [0.15, 0.2) is 30.3 Å². The number of hydrogen-bond donors (Lipinski definition) is 0. The first kappa shape index (κ1) is 16.7. The summed E-state index contributed by atoms with van der Waals surface area (Å²) in [6.07, 6.45) is 12.4. The lowest BCUT2D eigenvalue weighted by atomic mass is 9.75. The Kier molecular flexibility index (Phi) is 5.91. The molecular formula is C22H32O. The summed E-state index contributed by atoms with van der Waals surface area (Å²) < 4.78 is 0. The van der Waals surface area contributed by atoms with Gasteiger partial charge in [0.25, 0.3) is 0 Å². The van der Waals surface area contributed by atoms with E-state index < -0.39 is 0 Å². The Bertz CT molecular complexity index is 484. The molecule has 23 heavy (non-hydrogen) atoms. The van der Waals surface area contributed by atoms with Gasteiger partial charge in [-0.3, -0.25) is 4.79 Å². The van der Waals surface area contributed by atoms with Gasteiger partial charge in [0.2, 0.25) is 0 Å². The van der Waals surface area contributed by atoms with Crippen molar-refractivity contribution < 1.29 is 4.79 Å². The van der Waals surface area contributed by atoms with Gasteiger partial charge in [0.15, 0.2) is 0 Å². The molecule has 126 valence electrons. The fourth-order valence-electron chi connectivity index (χ4n) is 4.83. The minimum Gasteiger partial charge on any atom is -0.299 e. The number of rotatable bonds is 6. The molecule has 2 saturated carbocycles. The summed E-state index contributed by atoms with van der Waals surface area (Å²) >= 11 is 0. The number of benzene rings is 1. The van der Waals surface area contributed by atoms with Gasteiger partial charge in [-0.1, -0.05) is 56.5 Å². The van der Waals surface area contributed by atoms with E-state index in [0.29, 0.717) is 23.5 Å². The van der Waals surface area contributed by atoms with E-state index in [9.17, 15) is 4.79 Å². The van der Waals surface area contributed by atoms with Gasteiger partial charge < -0.3 is 0 Å². The van der Waals surface area contributed by atoms with E-state index in [1.165, 1.54) is 56.9 Å². The summed E-state index contributed by atoms with van der Waals surface area (Å²) in [4.78, 5) is 12.9. The number of Topliss-reactive ketones (excluding diaryl/α,β-unsaturated/α-hetero) is 1. The van der Waals surface area contributed by atoms with Crippen molar-refractivity contribution in [3.05, 3.63) is 35.9 Å². The smallest absolute Gasteiger partial charge is 0.139 e. The minimum atomic E-state index is 0.345. The molecular weight excluding hydrogens is 280 g/mol. The molecule has 0 saturated heterocycles. The lowest BCUT2D eigenvalue weighted by Crippen LogP contribution is -2.26. The maximum atomic E-state index is 12.9. The average Bonchev–Trinajstić information content (AvgIpc) is 3.11. The molecule has 1 aromatic rings. The molecule has 1 heteroatoms. The van der Waals surface area contributed by atoms with Gasteiger partial charge in [0.1, 0.15) is 5.78 Å². The van der Waals surface area contributed by atoms with Crippen molar-refractivity contribution in [1.29, 1.82) is 0 Å². The maximum absolute atomic E-state index is 12.9. The summed E-state index contributed by atoms with van der Waals surface area (Å²) in [5, 5.41) is 0. The van der Waals surface area contributed by atoms with Crippen molar-refractivity contribution in [3.63, 3.8) is 0 Å². The first-order valence-corrected chi connectivity index (χ1v) is 9.86. The Morgan fingerprint density at radius 3 is 2.35 bits per heavy atom. The van der Waals surface area contributed by atoms with Crippen LogP contribution in [0.5, 0.6) is 0 Å². The molecule has 0 heterocycles. The second kappa shape index (κ2) is 8.13. The molecule has 0 N–H and O–H groups in total. The highest BCUT2D eigenvalue weighted by Gasteiger charge is 2.35. The Balaban J connectivity index is 1.48. The van der Waals surface area contributed by atoms with Gasteiger partial charge in [0.05, 0.1) is 0 Å². The molecule has 1 nitrogen and oxygen atoms in total. The van der Waals surface area contributed by atoms with Crippen molar-refractivity contribution >= 4 is 5.78 Å². The van der Waals surface area contributed by atoms with Crippen molar-refractivity contribution in [2.45, 2.75) is 77.0 Å². The van der Waals surface area contributed by atoms with E-state index in [1.54, 1.807) is 0 Å². The number of unbranched alkanes of at least 4 members (excludes halogenated alkanes) is 1. The highest BCUT2D eigenvalue weighted by molar-refractivity contribution is 5.83. The van der Waals surface area contributed by atoms with E-state index in [1.807, 2.05) is 0 Å². The molecule has 2 fully saturated rings. The van der Waals surface area contributed by atoms with Crippen molar-refractivity contribution in [3.8, 4) is 0 Å². The fraction of sp³-hybridized carbons (Fsp3) is 0.682. The van der Waals surface area contributed by atoms with Crippen molar-refractivity contribution in [2.24, 2.45) is 17.8 Å². The van der Waals surface area contributed by atoms with Gasteiger partial charge in [-0.05, 0) is 62.3 Å². The van der Waals surface area contributed by atoms with Gasteiger partial charge in [-0.15, -0.1) is 0 Å². The van der Waals surface area contributed by atoms with Crippen LogP contribution in [0, 0.1) is 17.8 Å². The van der Waals surface area contributed by atoms with Crippen LogP contribution in [-0.4, -0.2) is 5.78 Å². The SMILES string of the molecule is CCCCC1CCC(C(=O)[C@@H]2CC[C@H](c3ccccc3)C2)CC1. The van der Waals surface area contributed by atoms with E-state index >= 15 is 0 Å². The van der Waals surface area contributed by atoms with E-state index in [4.69, 9.17) is 0 Å². The van der Waals surface area contributed by atoms with Crippen molar-refractivity contribution in [2.75, 3.05) is 0 Å². The molecule has 2 atom stereocenters. The molecule has 0 amide bonds. The molecule has 1 aromatic carbocycles. The summed E-state index contributed by atoms with van der Waals surface area (Å²) in [6, 6.07) is 10.8. The quantitative estimate of drug-likeness (QED) is 0.617. The van der Waals surface area contributed by atoms with Crippen LogP contribution in [0.3, 0.4) is 0 Å². The average molecular weight is 312 g/mol. The topological polar surface area (TPSA) is 17.1 Å². The molecule has 0 spiro atoms. The molecule has 2 aliphatic rings. The second-order valence-electron chi connectivity index (χ2n) is 7.88. The summed E-state index contributed by atoms with van der Waals surface area (Å²) in [5.74, 6) is 2.85. The molecule has 0 aromatic heterocycles. The zero-order valence-electron chi connectivity index (χ0n) is 14.7. The Morgan fingerprint density at radius 1 is 0.957 bits per heavy atom. The first-order valence-electron chi connectivity index (χ1n) is 9.86. The third-order valence-corrected chi connectivity index (χ3v) is 6.32. The zero-order chi connectivity index (χ0) is 16.1. The van der Waals surface area contributed by atoms with E-state index in [2.05, 4.69) is 37.3 Å². The minimum absolute atomic E-state index is 0.345. The van der Waals surface area contributed by atoms with Crippen LogP contribution >= 0.6 is 0 Å². The normalized spacial score (nSPS) is 31.2. The first-order chi connectivity index (χ1) is 11.3. The maximum Gasteiger partial charge on any atom is 0.139 e. The molecule has 2 aliphatic carbocycles. The van der Waals surface area contributed by atoms with Gasteiger partial charge in [-0.2, -0.15) is 0 Å². The van der Waals surface area contributed by atoms with Crippen molar-refractivity contribution in [1.82, 2.24) is 0 Å². The van der Waals surface area contributed by atoms with Gasteiger partial charge in [-0.25, -0.2) is 0 Å². The molecule has 3 rings (SSSR count). The molecule has 0 radical (unpaired) electrons. The van der Waals surface area contributed by atoms with Crippen LogP contribution in [0.2, 0.25) is 0 Å². The second-order valence-corrected chi connectivity index (χ2v) is 7.88.